The monoisotopic (exact) mass is 228 g/mol. The molecular formula is C12H24N2O2. The molecule has 0 aromatic carbocycles. The number of aliphatic hydroxyl groups excluding tert-OH is 1. The molecule has 4 nitrogen and oxygen atoms in total. The molecule has 3 N–H and O–H groups in total. The van der Waals surface area contributed by atoms with Crippen LogP contribution >= 0.6 is 0 Å². The molecule has 0 aromatic rings. The quantitative estimate of drug-likeness (QED) is 0.657. The lowest BCUT2D eigenvalue weighted by atomic mass is 9.92. The van der Waals surface area contributed by atoms with Gasteiger partial charge in [0.15, 0.2) is 0 Å². The second kappa shape index (κ2) is 6.21. The maximum Gasteiger partial charge on any atom is 0.223 e. The van der Waals surface area contributed by atoms with Crippen LogP contribution in [0.5, 0.6) is 0 Å². The Morgan fingerprint density at radius 3 is 2.75 bits per heavy atom. The predicted octanol–water partition coefficient (Wildman–Crippen LogP) is 0.508. The van der Waals surface area contributed by atoms with Crippen molar-refractivity contribution in [3.8, 4) is 0 Å². The Hall–Kier alpha value is -0.610. The summed E-state index contributed by atoms with van der Waals surface area (Å²) in [5, 5.41) is 15.4. The van der Waals surface area contributed by atoms with Gasteiger partial charge in [-0.15, -0.1) is 0 Å². The number of piperidine rings is 1. The molecule has 0 saturated carbocycles. The van der Waals surface area contributed by atoms with Crippen molar-refractivity contribution in [3.63, 3.8) is 0 Å². The number of nitrogens with one attached hydrogen (secondary N) is 2. The normalized spacial score (nSPS) is 27.8. The molecule has 1 heterocycles. The number of rotatable bonds is 4. The molecule has 3 unspecified atom stereocenters. The van der Waals surface area contributed by atoms with Crippen molar-refractivity contribution in [2.45, 2.75) is 45.7 Å². The van der Waals surface area contributed by atoms with E-state index in [0.29, 0.717) is 6.04 Å². The molecule has 1 amide bonds. The standard InChI is InChI=1S/C12H24N2O2/c1-8(2)11(7-15)14-12(16)10-4-5-13-9(3)6-10/h8-11,13,15H,4-7H2,1-3H3,(H,14,16). The van der Waals surface area contributed by atoms with Gasteiger partial charge in [0, 0.05) is 12.0 Å². The average Bonchev–Trinajstić information content (AvgIpc) is 2.25. The van der Waals surface area contributed by atoms with Gasteiger partial charge < -0.3 is 15.7 Å². The molecule has 1 rings (SSSR count). The van der Waals surface area contributed by atoms with Crippen LogP contribution in [-0.2, 0) is 4.79 Å². The Morgan fingerprint density at radius 1 is 1.56 bits per heavy atom. The molecule has 0 radical (unpaired) electrons. The van der Waals surface area contributed by atoms with Gasteiger partial charge in [0.2, 0.25) is 5.91 Å². The molecule has 0 bridgehead atoms. The maximum atomic E-state index is 12.0. The van der Waals surface area contributed by atoms with Crippen LogP contribution in [0.25, 0.3) is 0 Å². The third kappa shape index (κ3) is 3.76. The first-order valence-corrected chi connectivity index (χ1v) is 6.19. The van der Waals surface area contributed by atoms with E-state index in [-0.39, 0.29) is 30.4 Å². The molecule has 16 heavy (non-hydrogen) atoms. The summed E-state index contributed by atoms with van der Waals surface area (Å²) in [6.45, 7) is 7.04. The van der Waals surface area contributed by atoms with Crippen molar-refractivity contribution in [1.82, 2.24) is 10.6 Å². The number of amides is 1. The SMILES string of the molecule is CC1CC(C(=O)NC(CO)C(C)C)CCN1. The highest BCUT2D eigenvalue weighted by molar-refractivity contribution is 5.79. The summed E-state index contributed by atoms with van der Waals surface area (Å²) >= 11 is 0. The molecule has 0 spiro atoms. The lowest BCUT2D eigenvalue weighted by Gasteiger charge is -2.29. The van der Waals surface area contributed by atoms with Gasteiger partial charge >= 0.3 is 0 Å². The first-order chi connectivity index (χ1) is 7.54. The predicted molar refractivity (Wildman–Crippen MR) is 64.0 cm³/mol. The minimum absolute atomic E-state index is 0.0178. The van der Waals surface area contributed by atoms with Gasteiger partial charge in [0.1, 0.15) is 0 Å². The van der Waals surface area contributed by atoms with E-state index in [1.165, 1.54) is 0 Å². The van der Waals surface area contributed by atoms with E-state index >= 15 is 0 Å². The molecule has 1 aliphatic rings. The summed E-state index contributed by atoms with van der Waals surface area (Å²) in [6, 6.07) is 0.300. The van der Waals surface area contributed by atoms with Crippen molar-refractivity contribution < 1.29 is 9.90 Å². The molecule has 0 aliphatic carbocycles. The number of hydrogen-bond donors (Lipinski definition) is 3. The van der Waals surface area contributed by atoms with E-state index in [4.69, 9.17) is 5.11 Å². The third-order valence-electron chi connectivity index (χ3n) is 3.32. The Balaban J connectivity index is 2.44. The van der Waals surface area contributed by atoms with E-state index in [9.17, 15) is 4.79 Å². The molecule has 1 fully saturated rings. The van der Waals surface area contributed by atoms with E-state index < -0.39 is 0 Å². The van der Waals surface area contributed by atoms with Crippen molar-refractivity contribution in [2.75, 3.05) is 13.2 Å². The van der Waals surface area contributed by atoms with E-state index in [1.54, 1.807) is 0 Å². The van der Waals surface area contributed by atoms with Crippen LogP contribution in [0.2, 0.25) is 0 Å². The minimum Gasteiger partial charge on any atom is -0.394 e. The summed E-state index contributed by atoms with van der Waals surface area (Å²) in [5.74, 6) is 0.471. The van der Waals surface area contributed by atoms with Crippen LogP contribution in [0.3, 0.4) is 0 Å². The Kier molecular flexibility index (Phi) is 5.22. The summed E-state index contributed by atoms with van der Waals surface area (Å²) in [5.41, 5.74) is 0. The van der Waals surface area contributed by atoms with Gasteiger partial charge in [-0.2, -0.15) is 0 Å². The van der Waals surface area contributed by atoms with Crippen molar-refractivity contribution >= 4 is 5.91 Å². The summed E-state index contributed by atoms with van der Waals surface area (Å²) < 4.78 is 0. The highest BCUT2D eigenvalue weighted by Crippen LogP contribution is 2.16. The molecule has 1 aliphatic heterocycles. The molecule has 0 aromatic heterocycles. The smallest absolute Gasteiger partial charge is 0.223 e. The fourth-order valence-corrected chi connectivity index (χ4v) is 2.09. The van der Waals surface area contributed by atoms with E-state index in [2.05, 4.69) is 17.6 Å². The highest BCUT2D eigenvalue weighted by Gasteiger charge is 2.26. The molecule has 4 heteroatoms. The Morgan fingerprint density at radius 2 is 2.25 bits per heavy atom. The first-order valence-electron chi connectivity index (χ1n) is 6.19. The molecular weight excluding hydrogens is 204 g/mol. The van der Waals surface area contributed by atoms with Crippen LogP contribution in [0.15, 0.2) is 0 Å². The number of aliphatic hydroxyl groups is 1. The maximum absolute atomic E-state index is 12.0. The Labute approximate surface area is 97.8 Å². The second-order valence-corrected chi connectivity index (χ2v) is 5.12. The zero-order chi connectivity index (χ0) is 12.1. The molecule has 1 saturated heterocycles. The highest BCUT2D eigenvalue weighted by atomic mass is 16.3. The third-order valence-corrected chi connectivity index (χ3v) is 3.32. The topological polar surface area (TPSA) is 61.4 Å². The molecule has 3 atom stereocenters. The fraction of sp³-hybridized carbons (Fsp3) is 0.917. The van der Waals surface area contributed by atoms with Crippen molar-refractivity contribution in [1.29, 1.82) is 0 Å². The van der Waals surface area contributed by atoms with Crippen LogP contribution in [0, 0.1) is 11.8 Å². The second-order valence-electron chi connectivity index (χ2n) is 5.12. The van der Waals surface area contributed by atoms with Gasteiger partial charge in [-0.1, -0.05) is 13.8 Å². The van der Waals surface area contributed by atoms with Gasteiger partial charge in [0.05, 0.1) is 12.6 Å². The van der Waals surface area contributed by atoms with Crippen LogP contribution < -0.4 is 10.6 Å². The largest absolute Gasteiger partial charge is 0.394 e. The lowest BCUT2D eigenvalue weighted by Crippen LogP contribution is -2.47. The first kappa shape index (κ1) is 13.5. The van der Waals surface area contributed by atoms with Gasteiger partial charge in [-0.3, -0.25) is 4.79 Å². The van der Waals surface area contributed by atoms with Crippen LogP contribution in [0.4, 0.5) is 0 Å². The van der Waals surface area contributed by atoms with Gasteiger partial charge in [0.25, 0.3) is 0 Å². The van der Waals surface area contributed by atoms with Gasteiger partial charge in [-0.25, -0.2) is 0 Å². The van der Waals surface area contributed by atoms with Crippen molar-refractivity contribution in [3.05, 3.63) is 0 Å². The summed E-state index contributed by atoms with van der Waals surface area (Å²) in [6.07, 6.45) is 1.79. The van der Waals surface area contributed by atoms with Crippen LogP contribution in [0.1, 0.15) is 33.6 Å². The van der Waals surface area contributed by atoms with E-state index in [1.807, 2.05) is 13.8 Å². The van der Waals surface area contributed by atoms with Gasteiger partial charge in [-0.05, 0) is 32.2 Å². The lowest BCUT2D eigenvalue weighted by molar-refractivity contribution is -0.127. The summed E-state index contributed by atoms with van der Waals surface area (Å²) in [7, 11) is 0. The Bertz CT molecular complexity index is 231. The number of hydrogen-bond acceptors (Lipinski definition) is 3. The number of carbonyl (C=O) groups is 1. The molecule has 94 valence electrons. The van der Waals surface area contributed by atoms with Crippen molar-refractivity contribution in [2.24, 2.45) is 11.8 Å². The van der Waals surface area contributed by atoms with Crippen LogP contribution in [-0.4, -0.2) is 36.2 Å². The zero-order valence-electron chi connectivity index (χ0n) is 10.5. The summed E-state index contributed by atoms with van der Waals surface area (Å²) in [4.78, 5) is 12.0. The van der Waals surface area contributed by atoms with E-state index in [0.717, 1.165) is 19.4 Å². The fourth-order valence-electron chi connectivity index (χ4n) is 2.09. The zero-order valence-corrected chi connectivity index (χ0v) is 10.5. The number of carbonyl (C=O) groups excluding carboxylic acids is 1. The minimum atomic E-state index is -0.113. The average molecular weight is 228 g/mol.